The van der Waals surface area contributed by atoms with Crippen LogP contribution in [0, 0.1) is 6.92 Å². The number of carbonyl (C=O) groups is 1. The Bertz CT molecular complexity index is 624. The first kappa shape index (κ1) is 15.4. The monoisotopic (exact) mass is 287 g/mol. The van der Waals surface area contributed by atoms with Gasteiger partial charge in [0, 0.05) is 17.5 Å². The first-order chi connectivity index (χ1) is 10.1. The van der Waals surface area contributed by atoms with E-state index in [0.717, 1.165) is 28.6 Å². The number of fused-ring (bicyclic) bond motifs is 1. The summed E-state index contributed by atoms with van der Waals surface area (Å²) in [6, 6.07) is 9.61. The summed E-state index contributed by atoms with van der Waals surface area (Å²) in [4.78, 5) is 15.9. The zero-order chi connectivity index (χ0) is 15.2. The zero-order valence-corrected chi connectivity index (χ0v) is 12.5. The third kappa shape index (κ3) is 4.26. The van der Waals surface area contributed by atoms with Crippen molar-refractivity contribution in [2.75, 3.05) is 6.61 Å². The number of pyridine rings is 1. The molecule has 0 aliphatic carbocycles. The van der Waals surface area contributed by atoms with Gasteiger partial charge in [0.1, 0.15) is 0 Å². The molecule has 0 radical (unpaired) electrons. The Labute approximate surface area is 124 Å². The van der Waals surface area contributed by atoms with E-state index in [0.29, 0.717) is 13.0 Å². The lowest BCUT2D eigenvalue weighted by atomic mass is 10.0. The number of hydrogen-bond acceptors (Lipinski definition) is 4. The van der Waals surface area contributed by atoms with Crippen LogP contribution in [0.25, 0.3) is 10.9 Å². The number of esters is 1. The van der Waals surface area contributed by atoms with Crippen molar-refractivity contribution in [1.82, 2.24) is 4.98 Å². The number of aromatic nitrogens is 1. The number of hydrogen-bond donors (Lipinski definition) is 1. The largest absolute Gasteiger partial charge is 0.466 e. The van der Waals surface area contributed by atoms with Crippen molar-refractivity contribution in [1.29, 1.82) is 0 Å². The van der Waals surface area contributed by atoms with Gasteiger partial charge in [-0.2, -0.15) is 0 Å². The van der Waals surface area contributed by atoms with Crippen LogP contribution in [-0.4, -0.2) is 22.7 Å². The second-order valence-electron chi connectivity index (χ2n) is 5.18. The Hall–Kier alpha value is -1.94. The molecule has 0 aliphatic rings. The highest BCUT2D eigenvalue weighted by molar-refractivity contribution is 5.79. The van der Waals surface area contributed by atoms with Gasteiger partial charge in [-0.05, 0) is 43.5 Å². The second kappa shape index (κ2) is 7.18. The van der Waals surface area contributed by atoms with Crippen molar-refractivity contribution in [3.63, 3.8) is 0 Å². The molecule has 1 unspecified atom stereocenters. The Balaban J connectivity index is 2.00. The summed E-state index contributed by atoms with van der Waals surface area (Å²) in [5.74, 6) is -0.256. The highest BCUT2D eigenvalue weighted by Gasteiger charge is 2.12. The lowest BCUT2D eigenvalue weighted by molar-refractivity contribution is -0.144. The number of rotatable bonds is 6. The van der Waals surface area contributed by atoms with Gasteiger partial charge in [-0.1, -0.05) is 19.1 Å². The van der Waals surface area contributed by atoms with E-state index in [4.69, 9.17) is 4.74 Å². The van der Waals surface area contributed by atoms with Crippen molar-refractivity contribution in [3.8, 4) is 0 Å². The molecule has 1 aromatic carbocycles. The fraction of sp³-hybridized carbons (Fsp3) is 0.412. The maximum atomic E-state index is 11.4. The van der Waals surface area contributed by atoms with Gasteiger partial charge >= 0.3 is 5.97 Å². The third-order valence-corrected chi connectivity index (χ3v) is 3.33. The SMILES string of the molecule is CCCOC(=O)CCC(O)c1ccc2nc(C)ccc2c1. The fourth-order valence-corrected chi connectivity index (χ4v) is 2.16. The minimum Gasteiger partial charge on any atom is -0.466 e. The van der Waals surface area contributed by atoms with E-state index in [9.17, 15) is 9.90 Å². The van der Waals surface area contributed by atoms with E-state index < -0.39 is 6.10 Å². The minimum absolute atomic E-state index is 0.228. The smallest absolute Gasteiger partial charge is 0.305 e. The number of carbonyl (C=O) groups excluding carboxylic acids is 1. The molecule has 0 bridgehead atoms. The summed E-state index contributed by atoms with van der Waals surface area (Å²) in [5, 5.41) is 11.2. The zero-order valence-electron chi connectivity index (χ0n) is 12.5. The van der Waals surface area contributed by atoms with Crippen LogP contribution < -0.4 is 0 Å². The maximum absolute atomic E-state index is 11.4. The molecule has 0 fully saturated rings. The van der Waals surface area contributed by atoms with Crippen LogP contribution in [0.2, 0.25) is 0 Å². The van der Waals surface area contributed by atoms with Crippen molar-refractivity contribution in [3.05, 3.63) is 41.6 Å². The van der Waals surface area contributed by atoms with Gasteiger partial charge in [0.2, 0.25) is 0 Å². The van der Waals surface area contributed by atoms with E-state index in [-0.39, 0.29) is 12.4 Å². The third-order valence-electron chi connectivity index (χ3n) is 3.33. The molecule has 2 aromatic rings. The number of aryl methyl sites for hydroxylation is 1. The first-order valence-corrected chi connectivity index (χ1v) is 7.31. The standard InChI is InChI=1S/C17H21NO3/c1-3-10-21-17(20)9-8-16(19)14-6-7-15-13(11-14)5-4-12(2)18-15/h4-7,11,16,19H,3,8-10H2,1-2H3. The van der Waals surface area contributed by atoms with E-state index >= 15 is 0 Å². The first-order valence-electron chi connectivity index (χ1n) is 7.31. The van der Waals surface area contributed by atoms with Crippen LogP contribution in [0.4, 0.5) is 0 Å². The van der Waals surface area contributed by atoms with Crippen LogP contribution >= 0.6 is 0 Å². The molecule has 4 heteroatoms. The van der Waals surface area contributed by atoms with Gasteiger partial charge in [0.05, 0.1) is 18.2 Å². The van der Waals surface area contributed by atoms with Crippen molar-refractivity contribution >= 4 is 16.9 Å². The normalized spacial score (nSPS) is 12.3. The highest BCUT2D eigenvalue weighted by atomic mass is 16.5. The van der Waals surface area contributed by atoms with Crippen molar-refractivity contribution in [2.24, 2.45) is 0 Å². The summed E-state index contributed by atoms with van der Waals surface area (Å²) < 4.78 is 5.00. The van der Waals surface area contributed by atoms with Gasteiger partial charge in [0.15, 0.2) is 0 Å². The van der Waals surface area contributed by atoms with Gasteiger partial charge in [-0.15, -0.1) is 0 Å². The van der Waals surface area contributed by atoms with E-state index in [1.807, 2.05) is 44.2 Å². The Morgan fingerprint density at radius 3 is 2.90 bits per heavy atom. The highest BCUT2D eigenvalue weighted by Crippen LogP contribution is 2.23. The number of benzene rings is 1. The predicted molar refractivity (Wildman–Crippen MR) is 81.9 cm³/mol. The van der Waals surface area contributed by atoms with Gasteiger partial charge in [0.25, 0.3) is 0 Å². The topological polar surface area (TPSA) is 59.4 Å². The Morgan fingerprint density at radius 1 is 1.33 bits per heavy atom. The van der Waals surface area contributed by atoms with Crippen molar-refractivity contribution in [2.45, 2.75) is 39.2 Å². The molecule has 0 saturated carbocycles. The van der Waals surface area contributed by atoms with Gasteiger partial charge < -0.3 is 9.84 Å². The van der Waals surface area contributed by atoms with E-state index in [1.165, 1.54) is 0 Å². The maximum Gasteiger partial charge on any atom is 0.305 e. The van der Waals surface area contributed by atoms with Crippen molar-refractivity contribution < 1.29 is 14.6 Å². The lowest BCUT2D eigenvalue weighted by Gasteiger charge is -2.11. The molecule has 0 spiro atoms. The number of nitrogens with zero attached hydrogens (tertiary/aromatic N) is 1. The average molecular weight is 287 g/mol. The van der Waals surface area contributed by atoms with Gasteiger partial charge in [-0.3, -0.25) is 9.78 Å². The Morgan fingerprint density at radius 2 is 2.14 bits per heavy atom. The van der Waals surface area contributed by atoms with E-state index in [1.54, 1.807) is 0 Å². The molecule has 1 aromatic heterocycles. The molecule has 1 N–H and O–H groups in total. The van der Waals surface area contributed by atoms with Crippen LogP contribution in [0.5, 0.6) is 0 Å². The summed E-state index contributed by atoms with van der Waals surface area (Å²) in [6.45, 7) is 4.34. The molecule has 0 saturated heterocycles. The molecule has 112 valence electrons. The molecule has 0 amide bonds. The summed E-state index contributed by atoms with van der Waals surface area (Å²) in [7, 11) is 0. The molecule has 1 atom stereocenters. The van der Waals surface area contributed by atoms with Gasteiger partial charge in [-0.25, -0.2) is 0 Å². The van der Waals surface area contributed by atoms with Crippen LogP contribution in [-0.2, 0) is 9.53 Å². The molecule has 4 nitrogen and oxygen atoms in total. The number of ether oxygens (including phenoxy) is 1. The minimum atomic E-state index is -0.662. The summed E-state index contributed by atoms with van der Waals surface area (Å²) in [6.07, 6.45) is 0.745. The quantitative estimate of drug-likeness (QED) is 0.828. The molecular weight excluding hydrogens is 266 g/mol. The number of aliphatic hydroxyl groups is 1. The second-order valence-corrected chi connectivity index (χ2v) is 5.18. The summed E-state index contributed by atoms with van der Waals surface area (Å²) in [5.41, 5.74) is 2.68. The predicted octanol–water partition coefficient (Wildman–Crippen LogP) is 3.31. The lowest BCUT2D eigenvalue weighted by Crippen LogP contribution is -2.08. The van der Waals surface area contributed by atoms with E-state index in [2.05, 4.69) is 4.98 Å². The molecule has 21 heavy (non-hydrogen) atoms. The fourth-order valence-electron chi connectivity index (χ4n) is 2.16. The van der Waals surface area contributed by atoms with Crippen LogP contribution in [0.1, 0.15) is 43.5 Å². The Kier molecular flexibility index (Phi) is 5.28. The average Bonchev–Trinajstić information content (AvgIpc) is 2.49. The molecule has 0 aliphatic heterocycles. The summed E-state index contributed by atoms with van der Waals surface area (Å²) >= 11 is 0. The molecule has 2 rings (SSSR count). The van der Waals surface area contributed by atoms with Crippen LogP contribution in [0.3, 0.4) is 0 Å². The number of aliphatic hydroxyl groups excluding tert-OH is 1. The molecular formula is C17H21NO3. The van der Waals surface area contributed by atoms with Crippen LogP contribution in [0.15, 0.2) is 30.3 Å². The molecule has 1 heterocycles.